The van der Waals surface area contributed by atoms with E-state index in [1.807, 2.05) is 0 Å². The maximum absolute atomic E-state index is 2.67. The van der Waals surface area contributed by atoms with E-state index in [0.717, 1.165) is 0 Å². The number of hydrogen-bond donors (Lipinski definition) is 0. The summed E-state index contributed by atoms with van der Waals surface area (Å²) in [6, 6.07) is 1.76. The SMILES string of the molecule is CCCN(CCC)[C]1CCCCCCC1. The largest absolute Gasteiger partial charge is 0.296 e. The molecule has 1 heteroatoms. The maximum atomic E-state index is 2.67. The normalized spacial score (nSPS) is 20.2. The van der Waals surface area contributed by atoms with Gasteiger partial charge < -0.3 is 0 Å². The molecule has 0 N–H and O–H groups in total. The second kappa shape index (κ2) is 8.15. The van der Waals surface area contributed by atoms with Crippen LogP contribution in [0.3, 0.4) is 0 Å². The van der Waals surface area contributed by atoms with Crippen LogP contribution in [0.5, 0.6) is 0 Å². The molecule has 0 aromatic rings. The average molecular weight is 210 g/mol. The van der Waals surface area contributed by atoms with Gasteiger partial charge in [-0.25, -0.2) is 0 Å². The van der Waals surface area contributed by atoms with E-state index < -0.39 is 0 Å². The third-order valence-electron chi connectivity index (χ3n) is 3.36. The van der Waals surface area contributed by atoms with Crippen LogP contribution in [0.15, 0.2) is 0 Å². The van der Waals surface area contributed by atoms with Gasteiger partial charge in [0.15, 0.2) is 0 Å². The fourth-order valence-corrected chi connectivity index (χ4v) is 2.60. The Labute approximate surface area is 96.2 Å². The lowest BCUT2D eigenvalue weighted by Gasteiger charge is -2.31. The Bertz CT molecular complexity index is 130. The summed E-state index contributed by atoms with van der Waals surface area (Å²) in [7, 11) is 0. The first-order valence-corrected chi connectivity index (χ1v) is 6.98. The van der Waals surface area contributed by atoms with E-state index in [4.69, 9.17) is 0 Å². The summed E-state index contributed by atoms with van der Waals surface area (Å²) in [5.74, 6) is 0. The van der Waals surface area contributed by atoms with Crippen LogP contribution in [-0.4, -0.2) is 18.0 Å². The Balaban J connectivity index is 2.38. The summed E-state index contributed by atoms with van der Waals surface area (Å²) in [6.45, 7) is 7.16. The molecule has 0 amide bonds. The molecule has 1 radical (unpaired) electrons. The van der Waals surface area contributed by atoms with Gasteiger partial charge in [0.05, 0.1) is 0 Å². The first-order chi connectivity index (χ1) is 7.38. The van der Waals surface area contributed by atoms with Crippen molar-refractivity contribution in [1.29, 1.82) is 0 Å². The van der Waals surface area contributed by atoms with Crippen molar-refractivity contribution >= 4 is 0 Å². The zero-order valence-corrected chi connectivity index (χ0v) is 10.7. The average Bonchev–Trinajstić information content (AvgIpc) is 2.17. The Morgan fingerprint density at radius 1 is 0.800 bits per heavy atom. The van der Waals surface area contributed by atoms with Crippen molar-refractivity contribution in [3.63, 3.8) is 0 Å². The first kappa shape index (κ1) is 13.0. The molecule has 0 bridgehead atoms. The van der Waals surface area contributed by atoms with Crippen molar-refractivity contribution in [1.82, 2.24) is 4.90 Å². The van der Waals surface area contributed by atoms with Gasteiger partial charge in [-0.1, -0.05) is 46.0 Å². The molecule has 1 saturated carbocycles. The second-order valence-corrected chi connectivity index (χ2v) is 4.82. The standard InChI is InChI=1S/C14H28N/c1-3-12-15(13-4-2)14-10-8-6-5-7-9-11-14/h3-13H2,1-2H3. The maximum Gasteiger partial charge on any atom is 0.0393 e. The summed E-state index contributed by atoms with van der Waals surface area (Å²) in [5, 5.41) is 0. The van der Waals surface area contributed by atoms with Crippen molar-refractivity contribution in [3.05, 3.63) is 6.04 Å². The van der Waals surface area contributed by atoms with Crippen molar-refractivity contribution in [2.45, 2.75) is 71.6 Å². The zero-order valence-electron chi connectivity index (χ0n) is 10.7. The van der Waals surface area contributed by atoms with Gasteiger partial charge in [0.2, 0.25) is 0 Å². The van der Waals surface area contributed by atoms with Crippen molar-refractivity contribution < 1.29 is 0 Å². The van der Waals surface area contributed by atoms with Gasteiger partial charge in [-0.05, 0) is 38.8 Å². The van der Waals surface area contributed by atoms with Gasteiger partial charge >= 0.3 is 0 Å². The van der Waals surface area contributed by atoms with Crippen LogP contribution in [0.2, 0.25) is 0 Å². The lowest BCUT2D eigenvalue weighted by Crippen LogP contribution is -2.30. The van der Waals surface area contributed by atoms with Crippen molar-refractivity contribution in [3.8, 4) is 0 Å². The third kappa shape index (κ3) is 5.01. The van der Waals surface area contributed by atoms with Gasteiger partial charge in [-0.15, -0.1) is 0 Å². The highest BCUT2D eigenvalue weighted by Gasteiger charge is 2.18. The smallest absolute Gasteiger partial charge is 0.0393 e. The van der Waals surface area contributed by atoms with E-state index in [9.17, 15) is 0 Å². The van der Waals surface area contributed by atoms with Crippen LogP contribution in [0.4, 0.5) is 0 Å². The minimum Gasteiger partial charge on any atom is -0.296 e. The number of nitrogens with zero attached hydrogens (tertiary/aromatic N) is 1. The summed E-state index contributed by atoms with van der Waals surface area (Å²) < 4.78 is 0. The van der Waals surface area contributed by atoms with E-state index in [1.165, 1.54) is 70.9 Å². The molecule has 0 aliphatic heterocycles. The van der Waals surface area contributed by atoms with Crippen LogP contribution in [0, 0.1) is 6.04 Å². The molecule has 0 saturated heterocycles. The number of hydrogen-bond acceptors (Lipinski definition) is 1. The Kier molecular flexibility index (Phi) is 7.08. The molecular weight excluding hydrogens is 182 g/mol. The summed E-state index contributed by atoms with van der Waals surface area (Å²) in [4.78, 5) is 2.67. The van der Waals surface area contributed by atoms with Crippen molar-refractivity contribution in [2.75, 3.05) is 13.1 Å². The van der Waals surface area contributed by atoms with E-state index in [2.05, 4.69) is 18.7 Å². The van der Waals surface area contributed by atoms with Crippen LogP contribution in [0.25, 0.3) is 0 Å². The molecule has 1 rings (SSSR count). The van der Waals surface area contributed by atoms with Gasteiger partial charge in [0.25, 0.3) is 0 Å². The minimum absolute atomic E-state index is 1.28. The first-order valence-electron chi connectivity index (χ1n) is 6.98. The Morgan fingerprint density at radius 2 is 1.27 bits per heavy atom. The molecule has 1 aliphatic rings. The molecule has 0 heterocycles. The van der Waals surface area contributed by atoms with Gasteiger partial charge in [-0.3, -0.25) is 4.90 Å². The highest BCUT2D eigenvalue weighted by atomic mass is 15.1. The molecule has 1 fully saturated rings. The fourth-order valence-electron chi connectivity index (χ4n) is 2.60. The quantitative estimate of drug-likeness (QED) is 0.650. The van der Waals surface area contributed by atoms with Crippen LogP contribution in [-0.2, 0) is 0 Å². The molecule has 15 heavy (non-hydrogen) atoms. The van der Waals surface area contributed by atoms with E-state index in [1.54, 1.807) is 6.04 Å². The lowest BCUT2D eigenvalue weighted by atomic mass is 9.95. The van der Waals surface area contributed by atoms with E-state index in [0.29, 0.717) is 0 Å². The molecule has 0 aromatic heterocycles. The highest BCUT2D eigenvalue weighted by molar-refractivity contribution is 4.90. The van der Waals surface area contributed by atoms with E-state index in [-0.39, 0.29) is 0 Å². The molecule has 0 aromatic carbocycles. The van der Waals surface area contributed by atoms with Crippen LogP contribution < -0.4 is 0 Å². The van der Waals surface area contributed by atoms with Gasteiger partial charge in [0.1, 0.15) is 0 Å². The molecule has 1 nitrogen and oxygen atoms in total. The number of rotatable bonds is 5. The topological polar surface area (TPSA) is 3.24 Å². The fraction of sp³-hybridized carbons (Fsp3) is 0.929. The molecule has 0 unspecified atom stereocenters. The highest BCUT2D eigenvalue weighted by Crippen LogP contribution is 2.27. The molecule has 0 spiro atoms. The Morgan fingerprint density at radius 3 is 1.73 bits per heavy atom. The predicted octanol–water partition coefficient (Wildman–Crippen LogP) is 4.38. The summed E-state index contributed by atoms with van der Waals surface area (Å²) in [6.07, 6.45) is 12.6. The third-order valence-corrected chi connectivity index (χ3v) is 3.36. The monoisotopic (exact) mass is 210 g/mol. The molecule has 0 atom stereocenters. The van der Waals surface area contributed by atoms with E-state index >= 15 is 0 Å². The lowest BCUT2D eigenvalue weighted by molar-refractivity contribution is 0.247. The zero-order chi connectivity index (χ0) is 10.9. The molecule has 89 valence electrons. The Hall–Kier alpha value is -0.0400. The molecular formula is C14H28N. The molecule has 1 aliphatic carbocycles. The van der Waals surface area contributed by atoms with Crippen molar-refractivity contribution in [2.24, 2.45) is 0 Å². The summed E-state index contributed by atoms with van der Waals surface area (Å²) >= 11 is 0. The van der Waals surface area contributed by atoms with Gasteiger partial charge in [0, 0.05) is 6.04 Å². The van der Waals surface area contributed by atoms with Crippen LogP contribution in [0.1, 0.15) is 71.6 Å². The van der Waals surface area contributed by atoms with Gasteiger partial charge in [-0.2, -0.15) is 0 Å². The van der Waals surface area contributed by atoms with Crippen LogP contribution >= 0.6 is 0 Å². The minimum atomic E-state index is 1.28. The second-order valence-electron chi connectivity index (χ2n) is 4.82. The summed E-state index contributed by atoms with van der Waals surface area (Å²) in [5.41, 5.74) is 0. The predicted molar refractivity (Wildman–Crippen MR) is 67.7 cm³/mol.